The van der Waals surface area contributed by atoms with E-state index in [0.29, 0.717) is 32.5 Å². The highest BCUT2D eigenvalue weighted by molar-refractivity contribution is 6.01. The first-order valence-electron chi connectivity index (χ1n) is 8.69. The molecule has 1 aromatic carbocycles. The number of carbonyl (C=O) groups is 3. The van der Waals surface area contributed by atoms with Gasteiger partial charge >= 0.3 is 6.03 Å². The molecule has 1 aromatic rings. The number of imide groups is 1. The zero-order chi connectivity index (χ0) is 17.8. The van der Waals surface area contributed by atoms with Crippen molar-refractivity contribution in [1.82, 2.24) is 14.7 Å². The molecule has 0 atom stereocenters. The van der Waals surface area contributed by atoms with Crippen LogP contribution in [0, 0.1) is 0 Å². The number of urea groups is 1. The first-order chi connectivity index (χ1) is 12.1. The number of para-hydroxylation sites is 1. The summed E-state index contributed by atoms with van der Waals surface area (Å²) in [6.45, 7) is 3.51. The largest absolute Gasteiger partial charge is 0.368 e. The number of nitrogens with zero attached hydrogens (tertiary/aromatic N) is 4. The van der Waals surface area contributed by atoms with Crippen LogP contribution < -0.4 is 4.90 Å². The quantitative estimate of drug-likeness (QED) is 0.748. The number of amides is 4. The molecule has 25 heavy (non-hydrogen) atoms. The number of likely N-dealkylation sites (N-methyl/N-ethyl adjacent to an activating group) is 1. The molecule has 2 aliphatic heterocycles. The van der Waals surface area contributed by atoms with Crippen LogP contribution in [-0.4, -0.2) is 78.9 Å². The highest BCUT2D eigenvalue weighted by Crippen LogP contribution is 2.16. The molecule has 3 rings (SSSR count). The molecule has 2 fully saturated rings. The second-order valence-electron chi connectivity index (χ2n) is 6.49. The summed E-state index contributed by atoms with van der Waals surface area (Å²) >= 11 is 0. The van der Waals surface area contributed by atoms with E-state index >= 15 is 0 Å². The second-order valence-corrected chi connectivity index (χ2v) is 6.49. The van der Waals surface area contributed by atoms with Crippen molar-refractivity contribution in [3.63, 3.8) is 0 Å². The van der Waals surface area contributed by atoms with Crippen LogP contribution in [0.2, 0.25) is 0 Å². The van der Waals surface area contributed by atoms with Crippen molar-refractivity contribution >= 4 is 23.5 Å². The third kappa shape index (κ3) is 3.92. The van der Waals surface area contributed by atoms with Gasteiger partial charge in [-0.15, -0.1) is 0 Å². The first-order valence-corrected chi connectivity index (χ1v) is 8.69. The van der Waals surface area contributed by atoms with Crippen LogP contribution in [0.1, 0.15) is 12.8 Å². The van der Waals surface area contributed by atoms with Crippen molar-refractivity contribution in [2.75, 3.05) is 51.2 Å². The number of rotatable bonds is 5. The molecule has 2 saturated heterocycles. The van der Waals surface area contributed by atoms with Gasteiger partial charge in [0, 0.05) is 51.9 Å². The van der Waals surface area contributed by atoms with Crippen molar-refractivity contribution in [2.45, 2.75) is 12.8 Å². The van der Waals surface area contributed by atoms with Crippen LogP contribution >= 0.6 is 0 Å². The summed E-state index contributed by atoms with van der Waals surface area (Å²) in [6.07, 6.45) is 0.884. The molecule has 0 saturated carbocycles. The molecule has 0 spiro atoms. The van der Waals surface area contributed by atoms with Gasteiger partial charge in [-0.25, -0.2) is 4.79 Å². The maximum Gasteiger partial charge on any atom is 0.326 e. The Morgan fingerprint density at radius 3 is 2.32 bits per heavy atom. The molecular formula is C18H24N4O3. The number of hydrogen-bond acceptors (Lipinski definition) is 4. The maximum absolute atomic E-state index is 12.4. The lowest BCUT2D eigenvalue weighted by atomic mass is 10.2. The molecule has 0 bridgehead atoms. The number of hydrogen-bond donors (Lipinski definition) is 0. The summed E-state index contributed by atoms with van der Waals surface area (Å²) in [4.78, 5) is 42.6. The average molecular weight is 344 g/mol. The lowest BCUT2D eigenvalue weighted by Crippen LogP contribution is -2.48. The van der Waals surface area contributed by atoms with Crippen LogP contribution in [0.5, 0.6) is 0 Å². The Hall–Kier alpha value is -2.57. The summed E-state index contributed by atoms with van der Waals surface area (Å²) in [5.74, 6) is -0.0865. The summed E-state index contributed by atoms with van der Waals surface area (Å²) in [5, 5.41) is 0. The Kier molecular flexibility index (Phi) is 5.21. The summed E-state index contributed by atoms with van der Waals surface area (Å²) < 4.78 is 0. The van der Waals surface area contributed by atoms with E-state index in [1.807, 2.05) is 23.1 Å². The van der Waals surface area contributed by atoms with Gasteiger partial charge in [-0.1, -0.05) is 18.2 Å². The minimum Gasteiger partial charge on any atom is -0.368 e. The molecule has 2 aliphatic rings. The third-order valence-corrected chi connectivity index (χ3v) is 4.76. The van der Waals surface area contributed by atoms with Crippen molar-refractivity contribution in [2.24, 2.45) is 0 Å². The standard InChI is InChI=1S/C18H24N4O3/c1-19-14-17(24)22(18(19)25)9-5-8-16(23)21-12-10-20(11-13-21)15-6-3-2-4-7-15/h2-4,6-7H,5,8-14H2,1H3. The van der Waals surface area contributed by atoms with E-state index in [4.69, 9.17) is 0 Å². The van der Waals surface area contributed by atoms with Crippen molar-refractivity contribution < 1.29 is 14.4 Å². The van der Waals surface area contributed by atoms with Gasteiger partial charge in [0.05, 0.1) is 0 Å². The highest BCUT2D eigenvalue weighted by atomic mass is 16.2. The summed E-state index contributed by atoms with van der Waals surface area (Å²) in [6, 6.07) is 9.93. The van der Waals surface area contributed by atoms with Gasteiger partial charge < -0.3 is 14.7 Å². The number of carbonyl (C=O) groups excluding carboxylic acids is 3. The molecule has 0 unspecified atom stereocenters. The fourth-order valence-electron chi connectivity index (χ4n) is 3.29. The van der Waals surface area contributed by atoms with Crippen molar-refractivity contribution in [3.8, 4) is 0 Å². The Bertz CT molecular complexity index is 641. The maximum atomic E-state index is 12.4. The van der Waals surface area contributed by atoms with Crippen LogP contribution in [0.3, 0.4) is 0 Å². The normalized spacial score (nSPS) is 18.3. The van der Waals surface area contributed by atoms with E-state index in [2.05, 4.69) is 17.0 Å². The van der Waals surface area contributed by atoms with Gasteiger partial charge in [-0.3, -0.25) is 14.5 Å². The molecular weight excluding hydrogens is 320 g/mol. The van der Waals surface area contributed by atoms with E-state index < -0.39 is 0 Å². The molecule has 0 aromatic heterocycles. The second kappa shape index (κ2) is 7.55. The molecule has 7 heteroatoms. The van der Waals surface area contributed by atoms with Crippen LogP contribution in [0.4, 0.5) is 10.5 Å². The summed E-state index contributed by atoms with van der Waals surface area (Å²) in [5.41, 5.74) is 1.18. The van der Waals surface area contributed by atoms with Gasteiger partial charge in [0.25, 0.3) is 0 Å². The Morgan fingerprint density at radius 2 is 1.72 bits per heavy atom. The van der Waals surface area contributed by atoms with Gasteiger partial charge in [-0.2, -0.15) is 0 Å². The molecule has 134 valence electrons. The van der Waals surface area contributed by atoms with E-state index in [-0.39, 0.29) is 24.4 Å². The minimum absolute atomic E-state index is 0.0974. The van der Waals surface area contributed by atoms with Crippen molar-refractivity contribution in [3.05, 3.63) is 30.3 Å². The zero-order valence-electron chi connectivity index (χ0n) is 14.6. The molecule has 7 nitrogen and oxygen atoms in total. The van der Waals surface area contributed by atoms with E-state index in [1.165, 1.54) is 15.5 Å². The SMILES string of the molecule is CN1CC(=O)N(CCCC(=O)N2CCN(c3ccccc3)CC2)C1=O. The smallest absolute Gasteiger partial charge is 0.326 e. The van der Waals surface area contributed by atoms with Crippen LogP contribution in [0.25, 0.3) is 0 Å². The topological polar surface area (TPSA) is 64.2 Å². The molecule has 0 N–H and O–H groups in total. The predicted octanol–water partition coefficient (Wildman–Crippen LogP) is 1.01. The lowest BCUT2D eigenvalue weighted by molar-refractivity contribution is -0.132. The third-order valence-electron chi connectivity index (χ3n) is 4.76. The van der Waals surface area contributed by atoms with Gasteiger partial charge in [0.1, 0.15) is 6.54 Å². The van der Waals surface area contributed by atoms with E-state index in [1.54, 1.807) is 7.05 Å². The van der Waals surface area contributed by atoms with Gasteiger partial charge in [0.2, 0.25) is 11.8 Å². The number of piperazine rings is 1. The van der Waals surface area contributed by atoms with Crippen LogP contribution in [-0.2, 0) is 9.59 Å². The molecule has 0 aliphatic carbocycles. The zero-order valence-corrected chi connectivity index (χ0v) is 14.6. The van der Waals surface area contributed by atoms with Gasteiger partial charge in [-0.05, 0) is 18.6 Å². The van der Waals surface area contributed by atoms with Crippen molar-refractivity contribution in [1.29, 1.82) is 0 Å². The average Bonchev–Trinajstić information content (AvgIpc) is 2.88. The van der Waals surface area contributed by atoms with E-state index in [9.17, 15) is 14.4 Å². The number of benzene rings is 1. The molecule has 0 radical (unpaired) electrons. The predicted molar refractivity (Wildman–Crippen MR) is 94.2 cm³/mol. The highest BCUT2D eigenvalue weighted by Gasteiger charge is 2.33. The Labute approximate surface area is 147 Å². The van der Waals surface area contributed by atoms with Crippen LogP contribution in [0.15, 0.2) is 30.3 Å². The Morgan fingerprint density at radius 1 is 1.04 bits per heavy atom. The molecule has 2 heterocycles. The number of anilines is 1. The first kappa shape index (κ1) is 17.3. The van der Waals surface area contributed by atoms with E-state index in [0.717, 1.165) is 13.1 Å². The van der Waals surface area contributed by atoms with Gasteiger partial charge in [0.15, 0.2) is 0 Å². The minimum atomic E-state index is -0.270. The molecule has 4 amide bonds. The Balaban J connectivity index is 1.41. The monoisotopic (exact) mass is 344 g/mol. The lowest BCUT2D eigenvalue weighted by Gasteiger charge is -2.36. The fraction of sp³-hybridized carbons (Fsp3) is 0.500. The summed E-state index contributed by atoms with van der Waals surface area (Å²) in [7, 11) is 1.61. The fourth-order valence-corrected chi connectivity index (χ4v) is 3.29.